The number of halogens is 2. The molecule has 0 radical (unpaired) electrons. The van der Waals surface area contributed by atoms with Crippen LogP contribution in [-0.2, 0) is 0 Å². The van der Waals surface area contributed by atoms with Crippen LogP contribution in [0, 0.1) is 18.6 Å². The summed E-state index contributed by atoms with van der Waals surface area (Å²) in [6.07, 6.45) is -0.789. The van der Waals surface area contributed by atoms with E-state index in [0.717, 1.165) is 5.69 Å². The van der Waals surface area contributed by atoms with E-state index >= 15 is 0 Å². The van der Waals surface area contributed by atoms with Gasteiger partial charge < -0.3 is 10.0 Å². The van der Waals surface area contributed by atoms with Gasteiger partial charge in [-0.1, -0.05) is 0 Å². The van der Waals surface area contributed by atoms with Gasteiger partial charge in [-0.2, -0.15) is 0 Å². The zero-order valence-electron chi connectivity index (χ0n) is 11.7. The molecule has 0 saturated carbocycles. The lowest BCUT2D eigenvalue weighted by atomic mass is 10.0. The van der Waals surface area contributed by atoms with Crippen LogP contribution in [0.3, 0.4) is 0 Å². The molecule has 0 amide bonds. The minimum Gasteiger partial charge on any atom is -0.389 e. The minimum absolute atomic E-state index is 0.312. The molecule has 0 spiro atoms. The number of rotatable bonds is 3. The molecular formula is C16H17F2NO. The van der Waals surface area contributed by atoms with Gasteiger partial charge in [-0.05, 0) is 55.8 Å². The first-order valence-electron chi connectivity index (χ1n) is 6.37. The highest BCUT2D eigenvalue weighted by atomic mass is 19.1. The van der Waals surface area contributed by atoms with E-state index in [1.54, 1.807) is 44.0 Å². The summed E-state index contributed by atoms with van der Waals surface area (Å²) in [6, 6.07) is 9.03. The number of aliphatic hydroxyl groups excluding tert-OH is 1. The van der Waals surface area contributed by atoms with Crippen LogP contribution in [-0.4, -0.2) is 12.2 Å². The molecule has 0 aliphatic carbocycles. The van der Waals surface area contributed by atoms with Gasteiger partial charge in [-0.3, -0.25) is 0 Å². The summed E-state index contributed by atoms with van der Waals surface area (Å²) < 4.78 is 26.6. The van der Waals surface area contributed by atoms with Gasteiger partial charge in [0.15, 0.2) is 0 Å². The lowest BCUT2D eigenvalue weighted by Gasteiger charge is -2.24. The topological polar surface area (TPSA) is 23.5 Å². The van der Waals surface area contributed by atoms with Crippen LogP contribution in [0.15, 0.2) is 36.4 Å². The van der Waals surface area contributed by atoms with Crippen molar-refractivity contribution in [3.63, 3.8) is 0 Å². The van der Waals surface area contributed by atoms with E-state index in [-0.39, 0.29) is 11.6 Å². The fourth-order valence-electron chi connectivity index (χ4n) is 2.11. The smallest absolute Gasteiger partial charge is 0.126 e. The highest BCUT2D eigenvalue weighted by molar-refractivity contribution is 5.67. The van der Waals surface area contributed by atoms with Crippen molar-refractivity contribution < 1.29 is 13.9 Å². The molecule has 2 nitrogen and oxygen atoms in total. The summed E-state index contributed by atoms with van der Waals surface area (Å²) in [5.41, 5.74) is 2.46. The van der Waals surface area contributed by atoms with Crippen LogP contribution in [0.2, 0.25) is 0 Å². The van der Waals surface area contributed by atoms with Crippen LogP contribution in [0.5, 0.6) is 0 Å². The van der Waals surface area contributed by atoms with Gasteiger partial charge in [-0.25, -0.2) is 8.78 Å². The standard InChI is InChI=1S/C16H17F2NO/c1-10-8-16(14(11(2)20)9-15(10)18)19(3)13-6-4-12(17)5-7-13/h4-9,11,20H,1-3H3. The summed E-state index contributed by atoms with van der Waals surface area (Å²) in [7, 11) is 1.80. The maximum atomic E-state index is 13.7. The van der Waals surface area contributed by atoms with Crippen molar-refractivity contribution in [3.8, 4) is 0 Å². The van der Waals surface area contributed by atoms with E-state index in [4.69, 9.17) is 0 Å². The quantitative estimate of drug-likeness (QED) is 0.913. The van der Waals surface area contributed by atoms with Gasteiger partial charge in [0, 0.05) is 24.0 Å². The minimum atomic E-state index is -0.789. The fourth-order valence-corrected chi connectivity index (χ4v) is 2.11. The number of hydrogen-bond acceptors (Lipinski definition) is 2. The molecule has 0 saturated heterocycles. The Kier molecular flexibility index (Phi) is 4.04. The first-order chi connectivity index (χ1) is 9.40. The third kappa shape index (κ3) is 2.80. The third-order valence-corrected chi connectivity index (χ3v) is 3.33. The van der Waals surface area contributed by atoms with E-state index in [2.05, 4.69) is 0 Å². The molecule has 0 bridgehead atoms. The second-order valence-corrected chi connectivity index (χ2v) is 4.87. The number of aliphatic hydroxyl groups is 1. The van der Waals surface area contributed by atoms with Crippen molar-refractivity contribution in [2.75, 3.05) is 11.9 Å². The Morgan fingerprint density at radius 2 is 1.70 bits per heavy atom. The second kappa shape index (κ2) is 5.59. The Hall–Kier alpha value is -1.94. The molecule has 0 aliphatic rings. The van der Waals surface area contributed by atoms with E-state index in [1.807, 2.05) is 0 Å². The van der Waals surface area contributed by atoms with Crippen molar-refractivity contribution in [1.29, 1.82) is 0 Å². The Labute approximate surface area is 117 Å². The van der Waals surface area contributed by atoms with Crippen LogP contribution >= 0.6 is 0 Å². The lowest BCUT2D eigenvalue weighted by Crippen LogP contribution is -2.13. The van der Waals surface area contributed by atoms with Crippen LogP contribution < -0.4 is 4.90 Å². The van der Waals surface area contributed by atoms with E-state index in [0.29, 0.717) is 16.8 Å². The van der Waals surface area contributed by atoms with Gasteiger partial charge in [0.05, 0.1) is 6.10 Å². The third-order valence-electron chi connectivity index (χ3n) is 3.33. The molecule has 0 aromatic heterocycles. The summed E-state index contributed by atoms with van der Waals surface area (Å²) in [5, 5.41) is 9.81. The normalized spacial score (nSPS) is 12.3. The molecule has 1 unspecified atom stereocenters. The Balaban J connectivity index is 2.50. The van der Waals surface area contributed by atoms with Crippen molar-refractivity contribution in [3.05, 3.63) is 59.2 Å². The molecule has 2 rings (SSSR count). The summed E-state index contributed by atoms with van der Waals surface area (Å²) in [6.45, 7) is 3.26. The molecule has 0 aliphatic heterocycles. The number of aryl methyl sites for hydroxylation is 1. The molecule has 106 valence electrons. The molecular weight excluding hydrogens is 260 g/mol. The molecule has 20 heavy (non-hydrogen) atoms. The van der Waals surface area contributed by atoms with Gasteiger partial charge in [0.1, 0.15) is 11.6 Å². The lowest BCUT2D eigenvalue weighted by molar-refractivity contribution is 0.199. The number of benzene rings is 2. The van der Waals surface area contributed by atoms with Crippen LogP contribution in [0.4, 0.5) is 20.2 Å². The summed E-state index contributed by atoms with van der Waals surface area (Å²) >= 11 is 0. The van der Waals surface area contributed by atoms with Gasteiger partial charge in [-0.15, -0.1) is 0 Å². The first kappa shape index (κ1) is 14.5. The Morgan fingerprint density at radius 1 is 1.10 bits per heavy atom. The highest BCUT2D eigenvalue weighted by Crippen LogP contribution is 2.32. The van der Waals surface area contributed by atoms with Crippen LogP contribution in [0.25, 0.3) is 0 Å². The average Bonchev–Trinajstić information content (AvgIpc) is 2.41. The number of hydrogen-bond donors (Lipinski definition) is 1. The monoisotopic (exact) mass is 277 g/mol. The molecule has 0 heterocycles. The van der Waals surface area contributed by atoms with Crippen molar-refractivity contribution in [1.82, 2.24) is 0 Å². The van der Waals surface area contributed by atoms with Gasteiger partial charge in [0.2, 0.25) is 0 Å². The molecule has 2 aromatic carbocycles. The largest absolute Gasteiger partial charge is 0.389 e. The Morgan fingerprint density at radius 3 is 2.25 bits per heavy atom. The maximum absolute atomic E-state index is 13.7. The summed E-state index contributed by atoms with van der Waals surface area (Å²) in [5.74, 6) is -0.662. The maximum Gasteiger partial charge on any atom is 0.126 e. The zero-order valence-corrected chi connectivity index (χ0v) is 11.7. The first-order valence-corrected chi connectivity index (χ1v) is 6.37. The fraction of sp³-hybridized carbons (Fsp3) is 0.250. The van der Waals surface area contributed by atoms with E-state index in [1.165, 1.54) is 18.2 Å². The van der Waals surface area contributed by atoms with Crippen molar-refractivity contribution in [2.24, 2.45) is 0 Å². The van der Waals surface area contributed by atoms with E-state index in [9.17, 15) is 13.9 Å². The predicted octanol–water partition coefficient (Wildman–Crippen LogP) is 4.09. The van der Waals surface area contributed by atoms with Crippen LogP contribution in [0.1, 0.15) is 24.2 Å². The van der Waals surface area contributed by atoms with Gasteiger partial charge >= 0.3 is 0 Å². The number of anilines is 2. The molecule has 4 heteroatoms. The zero-order chi connectivity index (χ0) is 14.9. The average molecular weight is 277 g/mol. The van der Waals surface area contributed by atoms with Crippen molar-refractivity contribution in [2.45, 2.75) is 20.0 Å². The molecule has 1 atom stereocenters. The second-order valence-electron chi connectivity index (χ2n) is 4.87. The van der Waals surface area contributed by atoms with E-state index < -0.39 is 6.10 Å². The van der Waals surface area contributed by atoms with Gasteiger partial charge in [0.25, 0.3) is 0 Å². The highest BCUT2D eigenvalue weighted by Gasteiger charge is 2.16. The molecule has 2 aromatic rings. The molecule has 0 fully saturated rings. The van der Waals surface area contributed by atoms with Crippen molar-refractivity contribution >= 4 is 11.4 Å². The predicted molar refractivity (Wildman–Crippen MR) is 76.2 cm³/mol. The number of nitrogens with zero attached hydrogens (tertiary/aromatic N) is 1. The molecule has 1 N–H and O–H groups in total. The summed E-state index contributed by atoms with van der Waals surface area (Å²) in [4.78, 5) is 1.80. The SMILES string of the molecule is Cc1cc(N(C)c2ccc(F)cc2)c(C(C)O)cc1F. The Bertz CT molecular complexity index is 609.